The van der Waals surface area contributed by atoms with Gasteiger partial charge in [-0.25, -0.2) is 0 Å². The maximum Gasteiger partial charge on any atom is 0.317 e. The van der Waals surface area contributed by atoms with Crippen molar-refractivity contribution in [3.05, 3.63) is 24.0 Å². The molecule has 0 aliphatic carbocycles. The minimum Gasteiger partial charge on any atom is -0.480 e. The highest BCUT2D eigenvalue weighted by Crippen LogP contribution is 2.15. The summed E-state index contributed by atoms with van der Waals surface area (Å²) >= 11 is 0. The van der Waals surface area contributed by atoms with E-state index < -0.39 is 5.97 Å². The maximum absolute atomic E-state index is 11.9. The van der Waals surface area contributed by atoms with Crippen molar-refractivity contribution in [1.29, 1.82) is 0 Å². The molecule has 0 radical (unpaired) electrons. The molecule has 0 spiro atoms. The molecule has 1 amide bonds. The maximum atomic E-state index is 11.9. The minimum absolute atomic E-state index is 0.0115. The molecule has 0 aliphatic rings. The molecule has 7 heteroatoms. The highest BCUT2D eigenvalue weighted by molar-refractivity contribution is 5.93. The average Bonchev–Trinajstić information content (AvgIpc) is 2.60. The molecule has 0 bridgehead atoms. The van der Waals surface area contributed by atoms with E-state index in [0.717, 1.165) is 5.69 Å². The normalized spacial score (nSPS) is 10.5. The number of rotatable bonds is 7. The number of carbonyl (C=O) groups is 2. The molecule has 0 atom stereocenters. The number of hydrogen-bond acceptors (Lipinski definition) is 4. The third-order valence-corrected chi connectivity index (χ3v) is 2.51. The first kappa shape index (κ1) is 14.9. The van der Waals surface area contributed by atoms with Gasteiger partial charge < -0.3 is 10.4 Å². The van der Waals surface area contributed by atoms with Crippen LogP contribution in [0.3, 0.4) is 0 Å². The van der Waals surface area contributed by atoms with Crippen LogP contribution in [0, 0.1) is 13.8 Å². The molecule has 19 heavy (non-hydrogen) atoms. The number of nitrogens with one attached hydrogen (secondary N) is 2. The molecule has 104 valence electrons. The molecule has 3 N–H and O–H groups in total. The Morgan fingerprint density at radius 2 is 2.16 bits per heavy atom. The van der Waals surface area contributed by atoms with Crippen LogP contribution in [0.2, 0.25) is 0 Å². The van der Waals surface area contributed by atoms with Crippen molar-refractivity contribution < 1.29 is 14.7 Å². The van der Waals surface area contributed by atoms with Gasteiger partial charge in [-0.1, -0.05) is 6.08 Å². The van der Waals surface area contributed by atoms with Crippen LogP contribution in [-0.4, -0.2) is 51.7 Å². The Morgan fingerprint density at radius 3 is 2.63 bits per heavy atom. The predicted octanol–water partition coefficient (Wildman–Crippen LogP) is 0.538. The number of aryl methyl sites for hydroxylation is 2. The van der Waals surface area contributed by atoms with Gasteiger partial charge in [0.05, 0.1) is 30.2 Å². The summed E-state index contributed by atoms with van der Waals surface area (Å²) in [6.45, 7) is 7.23. The smallest absolute Gasteiger partial charge is 0.317 e. The Bertz CT molecular complexity index is 462. The molecular formula is C12H18N4O3. The number of aromatic amines is 1. The Kier molecular flexibility index (Phi) is 5.25. The van der Waals surface area contributed by atoms with Crippen molar-refractivity contribution in [2.75, 3.05) is 25.0 Å². The van der Waals surface area contributed by atoms with Gasteiger partial charge in [0.1, 0.15) is 0 Å². The number of carbonyl (C=O) groups excluding carboxylic acids is 1. The molecule has 0 aliphatic heterocycles. The molecular weight excluding hydrogens is 248 g/mol. The van der Waals surface area contributed by atoms with Crippen LogP contribution in [0.1, 0.15) is 11.4 Å². The molecule has 0 aromatic carbocycles. The van der Waals surface area contributed by atoms with Crippen LogP contribution in [0.15, 0.2) is 12.7 Å². The van der Waals surface area contributed by atoms with E-state index in [1.165, 1.54) is 4.90 Å². The second kappa shape index (κ2) is 6.69. The molecule has 0 fully saturated rings. The summed E-state index contributed by atoms with van der Waals surface area (Å²) in [6.07, 6.45) is 1.56. The number of H-pyrrole nitrogens is 1. The zero-order valence-electron chi connectivity index (χ0n) is 11.1. The van der Waals surface area contributed by atoms with Crippen molar-refractivity contribution in [3.8, 4) is 0 Å². The average molecular weight is 266 g/mol. The summed E-state index contributed by atoms with van der Waals surface area (Å²) in [5, 5.41) is 18.2. The summed E-state index contributed by atoms with van der Waals surface area (Å²) in [7, 11) is 0. The number of anilines is 1. The van der Waals surface area contributed by atoms with Crippen molar-refractivity contribution in [2.24, 2.45) is 0 Å². The van der Waals surface area contributed by atoms with Crippen LogP contribution < -0.4 is 5.32 Å². The quantitative estimate of drug-likeness (QED) is 0.626. The summed E-state index contributed by atoms with van der Waals surface area (Å²) in [5.74, 6) is -1.26. The Labute approximate surface area is 111 Å². The monoisotopic (exact) mass is 266 g/mol. The van der Waals surface area contributed by atoms with Crippen molar-refractivity contribution in [2.45, 2.75) is 13.8 Å². The summed E-state index contributed by atoms with van der Waals surface area (Å²) in [6, 6.07) is 0. The minimum atomic E-state index is -0.981. The third kappa shape index (κ3) is 4.55. The van der Waals surface area contributed by atoms with Crippen molar-refractivity contribution in [1.82, 2.24) is 15.1 Å². The second-order valence-corrected chi connectivity index (χ2v) is 4.21. The number of nitrogens with zero attached hydrogens (tertiary/aromatic N) is 2. The predicted molar refractivity (Wildman–Crippen MR) is 71.0 cm³/mol. The lowest BCUT2D eigenvalue weighted by Crippen LogP contribution is -2.37. The van der Waals surface area contributed by atoms with E-state index in [-0.39, 0.29) is 19.0 Å². The lowest BCUT2D eigenvalue weighted by molar-refractivity contribution is -0.138. The fraction of sp³-hybridized carbons (Fsp3) is 0.417. The highest BCUT2D eigenvalue weighted by atomic mass is 16.4. The van der Waals surface area contributed by atoms with E-state index in [9.17, 15) is 9.59 Å². The first-order valence-corrected chi connectivity index (χ1v) is 5.80. The molecule has 1 rings (SSSR count). The molecule has 1 aromatic heterocycles. The molecule has 0 unspecified atom stereocenters. The van der Waals surface area contributed by atoms with Gasteiger partial charge in [-0.05, 0) is 13.8 Å². The largest absolute Gasteiger partial charge is 0.480 e. The van der Waals surface area contributed by atoms with Crippen molar-refractivity contribution >= 4 is 17.6 Å². The fourth-order valence-electron chi connectivity index (χ4n) is 1.68. The van der Waals surface area contributed by atoms with E-state index >= 15 is 0 Å². The summed E-state index contributed by atoms with van der Waals surface area (Å²) in [4.78, 5) is 24.0. The Hall–Kier alpha value is -2.15. The van der Waals surface area contributed by atoms with Gasteiger partial charge in [0.15, 0.2) is 0 Å². The Morgan fingerprint density at radius 1 is 1.47 bits per heavy atom. The van der Waals surface area contributed by atoms with Gasteiger partial charge >= 0.3 is 5.97 Å². The van der Waals surface area contributed by atoms with Gasteiger partial charge in [0, 0.05) is 6.54 Å². The first-order chi connectivity index (χ1) is 8.93. The van der Waals surface area contributed by atoms with E-state index in [1.807, 2.05) is 0 Å². The van der Waals surface area contributed by atoms with Gasteiger partial charge in [0.25, 0.3) is 0 Å². The van der Waals surface area contributed by atoms with Crippen molar-refractivity contribution in [3.63, 3.8) is 0 Å². The number of carboxylic acids is 1. The molecule has 7 nitrogen and oxygen atoms in total. The van der Waals surface area contributed by atoms with Crippen LogP contribution in [0.5, 0.6) is 0 Å². The van der Waals surface area contributed by atoms with E-state index in [1.54, 1.807) is 19.9 Å². The number of aromatic nitrogens is 2. The van der Waals surface area contributed by atoms with Gasteiger partial charge in [-0.3, -0.25) is 19.6 Å². The number of hydrogen-bond donors (Lipinski definition) is 3. The third-order valence-electron chi connectivity index (χ3n) is 2.51. The standard InChI is InChI=1S/C12H18N4O3/c1-4-5-16(7-11(18)19)6-10(17)13-12-8(2)14-15-9(12)3/h4H,1,5-7H2,2-3H3,(H,13,17)(H,14,15)(H,18,19). The van der Waals surface area contributed by atoms with Crippen LogP contribution in [0.4, 0.5) is 5.69 Å². The zero-order chi connectivity index (χ0) is 14.4. The topological polar surface area (TPSA) is 98.3 Å². The summed E-state index contributed by atoms with van der Waals surface area (Å²) in [5.41, 5.74) is 2.09. The molecule has 1 heterocycles. The highest BCUT2D eigenvalue weighted by Gasteiger charge is 2.15. The lowest BCUT2D eigenvalue weighted by atomic mass is 10.3. The van der Waals surface area contributed by atoms with E-state index in [0.29, 0.717) is 17.9 Å². The Balaban J connectivity index is 2.62. The van der Waals surface area contributed by atoms with E-state index in [2.05, 4.69) is 22.1 Å². The van der Waals surface area contributed by atoms with Gasteiger partial charge in [0.2, 0.25) is 5.91 Å². The van der Waals surface area contributed by atoms with Gasteiger partial charge in [-0.15, -0.1) is 6.58 Å². The lowest BCUT2D eigenvalue weighted by Gasteiger charge is -2.17. The molecule has 0 saturated heterocycles. The fourth-order valence-corrected chi connectivity index (χ4v) is 1.68. The molecule has 1 aromatic rings. The van der Waals surface area contributed by atoms with Crippen LogP contribution >= 0.6 is 0 Å². The number of aliphatic carboxylic acids is 1. The van der Waals surface area contributed by atoms with Crippen LogP contribution in [-0.2, 0) is 9.59 Å². The SMILES string of the molecule is C=CCN(CC(=O)O)CC(=O)Nc1c(C)n[nH]c1C. The van der Waals surface area contributed by atoms with E-state index in [4.69, 9.17) is 5.11 Å². The van der Waals surface area contributed by atoms with Crippen LogP contribution in [0.25, 0.3) is 0 Å². The van der Waals surface area contributed by atoms with Gasteiger partial charge in [-0.2, -0.15) is 5.10 Å². The molecule has 0 saturated carbocycles. The first-order valence-electron chi connectivity index (χ1n) is 5.80. The number of amides is 1. The second-order valence-electron chi connectivity index (χ2n) is 4.21. The zero-order valence-corrected chi connectivity index (χ0v) is 11.1. The summed E-state index contributed by atoms with van der Waals surface area (Å²) < 4.78 is 0. The number of carboxylic acid groups (broad SMARTS) is 1.